The molecule has 0 unspecified atom stereocenters. The third-order valence-electron chi connectivity index (χ3n) is 6.18. The molecule has 0 aliphatic carbocycles. The molecule has 2 heterocycles. The zero-order valence-electron chi connectivity index (χ0n) is 20.5. The molecule has 3 aromatic rings. The predicted molar refractivity (Wildman–Crippen MR) is 135 cm³/mol. The SMILES string of the molecule is Cc1cc(CN2CCN(c3nc4ccc(C(F)(F)F)cc4s3)C[C@@H]2CC(C)C)cc(OCC(=O)O)c1. The van der Waals surface area contributed by atoms with Crippen LogP contribution in [-0.2, 0) is 17.5 Å². The van der Waals surface area contributed by atoms with Crippen LogP contribution in [0.25, 0.3) is 10.2 Å². The van der Waals surface area contributed by atoms with Crippen LogP contribution in [0, 0.1) is 12.8 Å². The number of carboxylic acids is 1. The summed E-state index contributed by atoms with van der Waals surface area (Å²) in [6, 6.07) is 9.75. The average Bonchev–Trinajstić information content (AvgIpc) is 3.21. The van der Waals surface area contributed by atoms with Crippen molar-refractivity contribution < 1.29 is 27.8 Å². The van der Waals surface area contributed by atoms with Crippen molar-refractivity contribution in [2.24, 2.45) is 5.92 Å². The van der Waals surface area contributed by atoms with Gasteiger partial charge in [0.1, 0.15) is 5.75 Å². The maximum atomic E-state index is 13.1. The van der Waals surface area contributed by atoms with Gasteiger partial charge in [-0.15, -0.1) is 0 Å². The Balaban J connectivity index is 1.51. The van der Waals surface area contributed by atoms with Crippen LogP contribution >= 0.6 is 11.3 Å². The molecule has 1 fully saturated rings. The van der Waals surface area contributed by atoms with E-state index in [9.17, 15) is 18.0 Å². The Kier molecular flexibility index (Phi) is 7.75. The summed E-state index contributed by atoms with van der Waals surface area (Å²) in [5, 5.41) is 9.66. The summed E-state index contributed by atoms with van der Waals surface area (Å²) >= 11 is 1.30. The maximum Gasteiger partial charge on any atom is 0.416 e. The van der Waals surface area contributed by atoms with Crippen molar-refractivity contribution in [2.45, 2.75) is 46.0 Å². The second-order valence-corrected chi connectivity index (χ2v) is 10.7. The lowest BCUT2D eigenvalue weighted by atomic mass is 9.99. The number of anilines is 1. The molecule has 1 aromatic heterocycles. The van der Waals surface area contributed by atoms with Gasteiger partial charge in [0.05, 0.1) is 15.8 Å². The highest BCUT2D eigenvalue weighted by molar-refractivity contribution is 7.22. The highest BCUT2D eigenvalue weighted by Gasteiger charge is 2.32. The third-order valence-corrected chi connectivity index (χ3v) is 7.26. The minimum absolute atomic E-state index is 0.236. The Morgan fingerprint density at radius 3 is 2.69 bits per heavy atom. The molecular formula is C26H30F3N3O3S. The quantitative estimate of drug-likeness (QED) is 0.403. The number of aromatic nitrogens is 1. The van der Waals surface area contributed by atoms with Crippen LogP contribution in [0.4, 0.5) is 18.3 Å². The van der Waals surface area contributed by atoms with Crippen LogP contribution in [0.15, 0.2) is 36.4 Å². The number of ether oxygens (including phenoxy) is 1. The summed E-state index contributed by atoms with van der Waals surface area (Å²) in [5.74, 6) is -0.0102. The lowest BCUT2D eigenvalue weighted by molar-refractivity contribution is -0.139. The normalized spacial score (nSPS) is 17.2. The van der Waals surface area contributed by atoms with E-state index < -0.39 is 17.7 Å². The molecule has 1 N–H and O–H groups in total. The van der Waals surface area contributed by atoms with E-state index in [0.717, 1.165) is 41.8 Å². The minimum atomic E-state index is -4.37. The number of hydrogen-bond acceptors (Lipinski definition) is 6. The fourth-order valence-electron chi connectivity index (χ4n) is 4.65. The van der Waals surface area contributed by atoms with Gasteiger partial charge in [-0.25, -0.2) is 9.78 Å². The number of halogens is 3. The van der Waals surface area contributed by atoms with Gasteiger partial charge >= 0.3 is 12.1 Å². The molecule has 0 radical (unpaired) electrons. The molecule has 0 bridgehead atoms. The zero-order valence-corrected chi connectivity index (χ0v) is 21.3. The van der Waals surface area contributed by atoms with E-state index in [1.165, 1.54) is 23.5 Å². The van der Waals surface area contributed by atoms with Crippen molar-refractivity contribution in [1.29, 1.82) is 0 Å². The topological polar surface area (TPSA) is 65.9 Å². The summed E-state index contributed by atoms with van der Waals surface area (Å²) < 4.78 is 45.3. The third kappa shape index (κ3) is 6.47. The Bertz CT molecular complexity index is 1230. The highest BCUT2D eigenvalue weighted by atomic mass is 32.1. The molecule has 36 heavy (non-hydrogen) atoms. The predicted octanol–water partition coefficient (Wildman–Crippen LogP) is 5.82. The summed E-state index contributed by atoms with van der Waals surface area (Å²) in [6.45, 7) is 8.86. The smallest absolute Gasteiger partial charge is 0.416 e. The number of hydrogen-bond donors (Lipinski definition) is 1. The molecule has 0 saturated carbocycles. The lowest BCUT2D eigenvalue weighted by Gasteiger charge is -2.42. The van der Waals surface area contributed by atoms with Gasteiger partial charge in [-0.1, -0.05) is 31.3 Å². The van der Waals surface area contributed by atoms with E-state index in [1.54, 1.807) is 0 Å². The first-order valence-corrected chi connectivity index (χ1v) is 12.7. The van der Waals surface area contributed by atoms with Gasteiger partial charge in [0.25, 0.3) is 0 Å². The molecule has 4 rings (SSSR count). The van der Waals surface area contributed by atoms with Crippen LogP contribution in [0.5, 0.6) is 5.75 Å². The highest BCUT2D eigenvalue weighted by Crippen LogP contribution is 2.36. The van der Waals surface area contributed by atoms with E-state index in [-0.39, 0.29) is 12.6 Å². The molecular weight excluding hydrogens is 491 g/mol. The molecule has 194 valence electrons. The molecule has 1 saturated heterocycles. The van der Waals surface area contributed by atoms with Crippen molar-refractivity contribution >= 4 is 32.7 Å². The Hall–Kier alpha value is -2.85. The standard InChI is InChI=1S/C26H30F3N3O3S/c1-16(2)8-20-14-32(25-30-22-5-4-19(26(27,28)29)12-23(22)36-25)7-6-31(20)13-18-9-17(3)10-21(11-18)35-15-24(33)34/h4-5,9-12,16,20H,6-8,13-15H2,1-3H3,(H,33,34)/t20-/m0/s1. The van der Waals surface area contributed by atoms with Crippen molar-refractivity contribution in [3.63, 3.8) is 0 Å². The van der Waals surface area contributed by atoms with Gasteiger partial charge in [0.2, 0.25) is 0 Å². The van der Waals surface area contributed by atoms with Crippen LogP contribution in [0.3, 0.4) is 0 Å². The number of fused-ring (bicyclic) bond motifs is 1. The van der Waals surface area contributed by atoms with E-state index in [1.807, 2.05) is 19.1 Å². The van der Waals surface area contributed by atoms with Crippen molar-refractivity contribution in [3.8, 4) is 5.75 Å². The Morgan fingerprint density at radius 2 is 2.00 bits per heavy atom. The molecule has 2 aromatic carbocycles. The second kappa shape index (κ2) is 10.6. The number of alkyl halides is 3. The van der Waals surface area contributed by atoms with Crippen LogP contribution in [0.1, 0.15) is 37.0 Å². The largest absolute Gasteiger partial charge is 0.482 e. The summed E-state index contributed by atoms with van der Waals surface area (Å²) in [5.41, 5.74) is 1.98. The van der Waals surface area contributed by atoms with E-state index in [4.69, 9.17) is 9.84 Å². The minimum Gasteiger partial charge on any atom is -0.482 e. The number of benzene rings is 2. The fourth-order valence-corrected chi connectivity index (χ4v) is 5.69. The molecule has 1 atom stereocenters. The van der Waals surface area contributed by atoms with E-state index >= 15 is 0 Å². The first-order chi connectivity index (χ1) is 17.0. The molecule has 0 amide bonds. The van der Waals surface area contributed by atoms with Crippen LogP contribution in [0.2, 0.25) is 0 Å². The number of carbonyl (C=O) groups is 1. The number of aliphatic carboxylic acids is 1. The number of aryl methyl sites for hydroxylation is 1. The first kappa shape index (κ1) is 26.2. The summed E-state index contributed by atoms with van der Waals surface area (Å²) in [4.78, 5) is 20.1. The van der Waals surface area contributed by atoms with E-state index in [0.29, 0.717) is 35.0 Å². The van der Waals surface area contributed by atoms with E-state index in [2.05, 4.69) is 34.7 Å². The summed E-state index contributed by atoms with van der Waals surface area (Å²) in [7, 11) is 0. The maximum absolute atomic E-state index is 13.1. The molecule has 10 heteroatoms. The van der Waals surface area contributed by atoms with Gasteiger partial charge in [0, 0.05) is 32.2 Å². The van der Waals surface area contributed by atoms with Crippen molar-refractivity contribution in [3.05, 3.63) is 53.1 Å². The number of carboxylic acid groups (broad SMARTS) is 1. The molecule has 6 nitrogen and oxygen atoms in total. The lowest BCUT2D eigenvalue weighted by Crippen LogP contribution is -2.53. The van der Waals surface area contributed by atoms with Gasteiger partial charge in [-0.3, -0.25) is 4.90 Å². The van der Waals surface area contributed by atoms with Gasteiger partial charge in [0.15, 0.2) is 11.7 Å². The zero-order chi connectivity index (χ0) is 26.0. The fraction of sp³-hybridized carbons (Fsp3) is 0.462. The van der Waals surface area contributed by atoms with Gasteiger partial charge in [-0.2, -0.15) is 13.2 Å². The van der Waals surface area contributed by atoms with Crippen LogP contribution in [-0.4, -0.2) is 53.2 Å². The Labute approximate surface area is 212 Å². The second-order valence-electron chi connectivity index (χ2n) is 9.71. The number of piperazine rings is 1. The molecule has 1 aliphatic rings. The summed E-state index contributed by atoms with van der Waals surface area (Å²) in [6.07, 6.45) is -3.41. The average molecular weight is 522 g/mol. The molecule has 1 aliphatic heterocycles. The molecule has 0 spiro atoms. The van der Waals surface area contributed by atoms with Gasteiger partial charge in [-0.05, 0) is 60.7 Å². The van der Waals surface area contributed by atoms with Crippen molar-refractivity contribution in [1.82, 2.24) is 9.88 Å². The number of thiazole rings is 1. The van der Waals surface area contributed by atoms with Crippen molar-refractivity contribution in [2.75, 3.05) is 31.1 Å². The monoisotopic (exact) mass is 521 g/mol. The Morgan fingerprint density at radius 1 is 1.22 bits per heavy atom. The number of nitrogens with zero attached hydrogens (tertiary/aromatic N) is 3. The first-order valence-electron chi connectivity index (χ1n) is 11.9. The van der Waals surface area contributed by atoms with Crippen LogP contribution < -0.4 is 9.64 Å². The van der Waals surface area contributed by atoms with Gasteiger partial charge < -0.3 is 14.7 Å². The number of rotatable bonds is 8.